The van der Waals surface area contributed by atoms with E-state index in [2.05, 4.69) is 24.3 Å². The van der Waals surface area contributed by atoms with Crippen molar-refractivity contribution < 1.29 is 4.74 Å². The molecule has 1 heterocycles. The predicted octanol–water partition coefficient (Wildman–Crippen LogP) is 1.81. The first-order valence-electron chi connectivity index (χ1n) is 6.24. The molecule has 1 fully saturated rings. The standard InChI is InChI=1S/C12H21N3O/c1-3-11(7-13-10-5-6-10)16-12-8-14-15(4-2)9-12/h8-11,13H,3-7H2,1-2H3. The van der Waals surface area contributed by atoms with Gasteiger partial charge in [0.25, 0.3) is 0 Å². The Bertz CT molecular complexity index is 320. The molecule has 1 aromatic heterocycles. The summed E-state index contributed by atoms with van der Waals surface area (Å²) in [5, 5.41) is 7.70. The Morgan fingerprint density at radius 1 is 1.56 bits per heavy atom. The van der Waals surface area contributed by atoms with E-state index in [1.807, 2.05) is 10.9 Å². The summed E-state index contributed by atoms with van der Waals surface area (Å²) in [5.74, 6) is 0.881. The third-order valence-corrected chi connectivity index (χ3v) is 2.90. The normalized spacial score (nSPS) is 17.4. The molecule has 1 aliphatic carbocycles. The lowest BCUT2D eigenvalue weighted by atomic mass is 10.2. The van der Waals surface area contributed by atoms with Gasteiger partial charge in [-0.2, -0.15) is 5.10 Å². The SMILES string of the molecule is CCC(CNC1CC1)Oc1cnn(CC)c1. The molecule has 1 unspecified atom stereocenters. The summed E-state index contributed by atoms with van der Waals surface area (Å²) >= 11 is 0. The van der Waals surface area contributed by atoms with Crippen LogP contribution in [0, 0.1) is 0 Å². The van der Waals surface area contributed by atoms with Gasteiger partial charge in [-0.25, -0.2) is 0 Å². The largest absolute Gasteiger partial charge is 0.486 e. The molecule has 1 saturated carbocycles. The van der Waals surface area contributed by atoms with Crippen molar-refractivity contribution in [3.63, 3.8) is 0 Å². The van der Waals surface area contributed by atoms with Crippen molar-refractivity contribution in [2.45, 2.75) is 51.8 Å². The van der Waals surface area contributed by atoms with Gasteiger partial charge in [-0.05, 0) is 26.2 Å². The first-order chi connectivity index (χ1) is 7.81. The van der Waals surface area contributed by atoms with Crippen LogP contribution in [0.5, 0.6) is 5.75 Å². The van der Waals surface area contributed by atoms with Crippen LogP contribution in [0.15, 0.2) is 12.4 Å². The molecular formula is C12H21N3O. The average molecular weight is 223 g/mol. The highest BCUT2D eigenvalue weighted by Crippen LogP contribution is 2.19. The molecule has 1 aliphatic rings. The van der Waals surface area contributed by atoms with Crippen molar-refractivity contribution in [3.05, 3.63) is 12.4 Å². The van der Waals surface area contributed by atoms with Crippen LogP contribution in [0.3, 0.4) is 0 Å². The van der Waals surface area contributed by atoms with Crippen LogP contribution in [0.25, 0.3) is 0 Å². The fourth-order valence-electron chi connectivity index (χ4n) is 1.63. The molecule has 16 heavy (non-hydrogen) atoms. The van der Waals surface area contributed by atoms with Gasteiger partial charge in [0, 0.05) is 19.1 Å². The summed E-state index contributed by atoms with van der Waals surface area (Å²) in [6.45, 7) is 6.06. The zero-order valence-electron chi connectivity index (χ0n) is 10.1. The highest BCUT2D eigenvalue weighted by Gasteiger charge is 2.22. The topological polar surface area (TPSA) is 39.1 Å². The van der Waals surface area contributed by atoms with Crippen molar-refractivity contribution >= 4 is 0 Å². The Hall–Kier alpha value is -1.03. The Kier molecular flexibility index (Phi) is 3.83. The molecule has 1 N–H and O–H groups in total. The summed E-state index contributed by atoms with van der Waals surface area (Å²) in [6.07, 6.45) is 7.68. The molecular weight excluding hydrogens is 202 g/mol. The number of aromatic nitrogens is 2. The van der Waals surface area contributed by atoms with Crippen LogP contribution < -0.4 is 10.1 Å². The number of ether oxygens (including phenoxy) is 1. The Morgan fingerprint density at radius 3 is 2.94 bits per heavy atom. The molecule has 1 atom stereocenters. The van der Waals surface area contributed by atoms with Gasteiger partial charge in [-0.1, -0.05) is 6.92 Å². The lowest BCUT2D eigenvalue weighted by molar-refractivity contribution is 0.192. The van der Waals surface area contributed by atoms with E-state index < -0.39 is 0 Å². The second-order valence-electron chi connectivity index (χ2n) is 4.36. The first kappa shape index (κ1) is 11.5. The fraction of sp³-hybridized carbons (Fsp3) is 0.750. The minimum atomic E-state index is 0.259. The molecule has 0 radical (unpaired) electrons. The molecule has 1 aromatic rings. The van der Waals surface area contributed by atoms with Gasteiger partial charge in [0.2, 0.25) is 0 Å². The van der Waals surface area contributed by atoms with E-state index in [0.717, 1.165) is 31.3 Å². The minimum absolute atomic E-state index is 0.259. The molecule has 2 rings (SSSR count). The van der Waals surface area contributed by atoms with Gasteiger partial charge in [0.1, 0.15) is 6.10 Å². The lowest BCUT2D eigenvalue weighted by Gasteiger charge is -2.16. The number of hydrogen-bond acceptors (Lipinski definition) is 3. The molecule has 0 aromatic carbocycles. The number of hydrogen-bond donors (Lipinski definition) is 1. The third-order valence-electron chi connectivity index (χ3n) is 2.90. The first-order valence-corrected chi connectivity index (χ1v) is 6.24. The van der Waals surface area contributed by atoms with Crippen molar-refractivity contribution in [2.75, 3.05) is 6.54 Å². The Morgan fingerprint density at radius 2 is 2.38 bits per heavy atom. The van der Waals surface area contributed by atoms with Gasteiger partial charge in [-0.15, -0.1) is 0 Å². The lowest BCUT2D eigenvalue weighted by Crippen LogP contribution is -2.32. The molecule has 0 bridgehead atoms. The van der Waals surface area contributed by atoms with E-state index in [-0.39, 0.29) is 6.10 Å². The molecule has 4 heteroatoms. The summed E-state index contributed by atoms with van der Waals surface area (Å²) in [4.78, 5) is 0. The van der Waals surface area contributed by atoms with E-state index >= 15 is 0 Å². The Balaban J connectivity index is 1.79. The van der Waals surface area contributed by atoms with Gasteiger partial charge in [0.15, 0.2) is 5.75 Å². The summed E-state index contributed by atoms with van der Waals surface area (Å²) in [6, 6.07) is 0.746. The van der Waals surface area contributed by atoms with E-state index in [9.17, 15) is 0 Å². The summed E-state index contributed by atoms with van der Waals surface area (Å²) in [7, 11) is 0. The van der Waals surface area contributed by atoms with Gasteiger partial charge in [-0.3, -0.25) is 4.68 Å². The maximum atomic E-state index is 5.88. The van der Waals surface area contributed by atoms with Crippen molar-refractivity contribution in [1.29, 1.82) is 0 Å². The fourth-order valence-corrected chi connectivity index (χ4v) is 1.63. The quantitative estimate of drug-likeness (QED) is 0.766. The maximum Gasteiger partial charge on any atom is 0.157 e. The molecule has 90 valence electrons. The number of aryl methyl sites for hydroxylation is 1. The van der Waals surface area contributed by atoms with Gasteiger partial charge < -0.3 is 10.1 Å². The highest BCUT2D eigenvalue weighted by atomic mass is 16.5. The van der Waals surface area contributed by atoms with Gasteiger partial charge in [0.05, 0.1) is 12.4 Å². The van der Waals surface area contributed by atoms with Crippen molar-refractivity contribution in [1.82, 2.24) is 15.1 Å². The average Bonchev–Trinajstić information content (AvgIpc) is 3.03. The van der Waals surface area contributed by atoms with E-state index in [0.29, 0.717) is 0 Å². The number of nitrogens with one attached hydrogen (secondary N) is 1. The number of rotatable bonds is 7. The van der Waals surface area contributed by atoms with Crippen LogP contribution in [-0.4, -0.2) is 28.5 Å². The zero-order valence-corrected chi connectivity index (χ0v) is 10.1. The molecule has 0 aliphatic heterocycles. The maximum absolute atomic E-state index is 5.88. The predicted molar refractivity (Wildman–Crippen MR) is 63.6 cm³/mol. The molecule has 0 spiro atoms. The summed E-state index contributed by atoms with van der Waals surface area (Å²) < 4.78 is 7.76. The monoisotopic (exact) mass is 223 g/mol. The zero-order chi connectivity index (χ0) is 11.4. The van der Waals surface area contributed by atoms with Gasteiger partial charge >= 0.3 is 0 Å². The van der Waals surface area contributed by atoms with Crippen molar-refractivity contribution in [2.24, 2.45) is 0 Å². The van der Waals surface area contributed by atoms with E-state index in [1.165, 1.54) is 12.8 Å². The van der Waals surface area contributed by atoms with Crippen molar-refractivity contribution in [3.8, 4) is 5.75 Å². The second-order valence-corrected chi connectivity index (χ2v) is 4.36. The minimum Gasteiger partial charge on any atom is -0.486 e. The smallest absolute Gasteiger partial charge is 0.157 e. The summed E-state index contributed by atoms with van der Waals surface area (Å²) in [5.41, 5.74) is 0. The third kappa shape index (κ3) is 3.23. The molecule has 0 saturated heterocycles. The highest BCUT2D eigenvalue weighted by molar-refractivity contribution is 5.12. The van der Waals surface area contributed by atoms with E-state index in [4.69, 9.17) is 4.74 Å². The number of nitrogens with zero attached hydrogens (tertiary/aromatic N) is 2. The van der Waals surface area contributed by atoms with Crippen LogP contribution >= 0.6 is 0 Å². The van der Waals surface area contributed by atoms with Crippen LogP contribution in [-0.2, 0) is 6.54 Å². The molecule has 4 nitrogen and oxygen atoms in total. The Labute approximate surface area is 97.0 Å². The molecule has 0 amide bonds. The second kappa shape index (κ2) is 5.34. The van der Waals surface area contributed by atoms with Crippen LogP contribution in [0.4, 0.5) is 0 Å². The van der Waals surface area contributed by atoms with Crippen LogP contribution in [0.2, 0.25) is 0 Å². The van der Waals surface area contributed by atoms with E-state index in [1.54, 1.807) is 6.20 Å². The van der Waals surface area contributed by atoms with Crippen LogP contribution in [0.1, 0.15) is 33.1 Å².